The van der Waals surface area contributed by atoms with Crippen LogP contribution in [0.3, 0.4) is 0 Å². The number of aromatic nitrogens is 2. The van der Waals surface area contributed by atoms with Gasteiger partial charge in [0.1, 0.15) is 11.6 Å². The number of carbonyl (C=O) groups is 1. The average Bonchev–Trinajstić information content (AvgIpc) is 3.10. The number of nitrogens with one attached hydrogen (secondary N) is 2. The highest BCUT2D eigenvalue weighted by Gasteiger charge is 2.16. The first kappa shape index (κ1) is 19.3. The molecule has 1 aliphatic heterocycles. The van der Waals surface area contributed by atoms with E-state index in [1.54, 1.807) is 30.4 Å². The summed E-state index contributed by atoms with van der Waals surface area (Å²) >= 11 is 0. The summed E-state index contributed by atoms with van der Waals surface area (Å²) in [5.41, 5.74) is 2.10. The maximum absolute atomic E-state index is 14.4. The maximum atomic E-state index is 14.4. The fraction of sp³-hybridized carbons (Fsp3) is 0.273. The van der Waals surface area contributed by atoms with Gasteiger partial charge in [-0.25, -0.2) is 8.78 Å². The van der Waals surface area contributed by atoms with Gasteiger partial charge < -0.3 is 5.32 Å². The molecule has 5 nitrogen and oxygen atoms in total. The minimum absolute atomic E-state index is 0.136. The van der Waals surface area contributed by atoms with E-state index >= 15 is 0 Å². The van der Waals surface area contributed by atoms with E-state index in [-0.39, 0.29) is 24.0 Å². The van der Waals surface area contributed by atoms with Gasteiger partial charge in [-0.15, -0.1) is 0 Å². The first-order valence-electron chi connectivity index (χ1n) is 9.72. The average molecular weight is 396 g/mol. The largest absolute Gasteiger partial charge is 0.322 e. The molecule has 1 amide bonds. The third-order valence-electron chi connectivity index (χ3n) is 5.07. The zero-order valence-electron chi connectivity index (χ0n) is 15.9. The minimum Gasteiger partial charge on any atom is -0.322 e. The topological polar surface area (TPSA) is 61.0 Å². The van der Waals surface area contributed by atoms with Crippen molar-refractivity contribution in [2.45, 2.75) is 19.3 Å². The van der Waals surface area contributed by atoms with Crippen LogP contribution in [0.15, 0.2) is 36.4 Å². The lowest BCUT2D eigenvalue weighted by molar-refractivity contribution is -0.117. The van der Waals surface area contributed by atoms with Gasteiger partial charge >= 0.3 is 0 Å². The third kappa shape index (κ3) is 4.68. The van der Waals surface area contributed by atoms with E-state index in [9.17, 15) is 13.6 Å². The molecule has 2 aromatic carbocycles. The van der Waals surface area contributed by atoms with Crippen LogP contribution in [-0.2, 0) is 4.79 Å². The minimum atomic E-state index is -0.512. The van der Waals surface area contributed by atoms with Gasteiger partial charge in [-0.3, -0.25) is 14.8 Å². The molecule has 0 aliphatic carbocycles. The molecule has 0 bridgehead atoms. The van der Waals surface area contributed by atoms with Crippen LogP contribution < -0.4 is 5.32 Å². The fourth-order valence-corrected chi connectivity index (χ4v) is 3.54. The van der Waals surface area contributed by atoms with E-state index in [4.69, 9.17) is 0 Å². The maximum Gasteiger partial charge on any atom is 0.238 e. The Bertz CT molecular complexity index is 1040. The van der Waals surface area contributed by atoms with Crippen molar-refractivity contribution < 1.29 is 13.6 Å². The van der Waals surface area contributed by atoms with Crippen LogP contribution in [0.2, 0.25) is 0 Å². The molecule has 0 unspecified atom stereocenters. The Morgan fingerprint density at radius 3 is 2.62 bits per heavy atom. The number of benzene rings is 2. The summed E-state index contributed by atoms with van der Waals surface area (Å²) in [6, 6.07) is 9.00. The van der Waals surface area contributed by atoms with Crippen LogP contribution >= 0.6 is 0 Å². The van der Waals surface area contributed by atoms with E-state index in [0.29, 0.717) is 16.6 Å². The van der Waals surface area contributed by atoms with Crippen LogP contribution in [0.4, 0.5) is 14.5 Å². The quantitative estimate of drug-likeness (QED) is 0.670. The molecule has 1 aromatic heterocycles. The number of hydrogen-bond acceptors (Lipinski definition) is 3. The number of carbonyl (C=O) groups excluding carboxylic acids is 1. The molecular weight excluding hydrogens is 374 g/mol. The van der Waals surface area contributed by atoms with Crippen LogP contribution in [0.1, 0.15) is 30.5 Å². The number of fused-ring (bicyclic) bond motifs is 1. The van der Waals surface area contributed by atoms with Gasteiger partial charge in [-0.05, 0) is 55.8 Å². The molecule has 0 atom stereocenters. The predicted octanol–water partition coefficient (Wildman–Crippen LogP) is 4.44. The summed E-state index contributed by atoms with van der Waals surface area (Å²) in [5, 5.41) is 10.4. The van der Waals surface area contributed by atoms with Crippen LogP contribution in [-0.4, -0.2) is 40.6 Å². The van der Waals surface area contributed by atoms with Crippen molar-refractivity contribution in [2.24, 2.45) is 0 Å². The number of aromatic amines is 1. The van der Waals surface area contributed by atoms with Gasteiger partial charge in [0.25, 0.3) is 0 Å². The lowest BCUT2D eigenvalue weighted by atomic mass is 10.1. The monoisotopic (exact) mass is 396 g/mol. The van der Waals surface area contributed by atoms with Crippen molar-refractivity contribution in [2.75, 3.05) is 25.0 Å². The van der Waals surface area contributed by atoms with Gasteiger partial charge in [0.2, 0.25) is 5.91 Å². The summed E-state index contributed by atoms with van der Waals surface area (Å²) in [6.07, 6.45) is 6.94. The number of piperidine rings is 1. The first-order chi connectivity index (χ1) is 14.1. The first-order valence-corrected chi connectivity index (χ1v) is 9.72. The summed E-state index contributed by atoms with van der Waals surface area (Å²) in [7, 11) is 0. The number of hydrogen-bond donors (Lipinski definition) is 2. The van der Waals surface area contributed by atoms with Gasteiger partial charge in [-0.2, -0.15) is 5.10 Å². The number of H-pyrrole nitrogens is 1. The highest BCUT2D eigenvalue weighted by Crippen LogP contribution is 2.25. The van der Waals surface area contributed by atoms with Crippen molar-refractivity contribution in [3.05, 3.63) is 59.3 Å². The lowest BCUT2D eigenvalue weighted by Crippen LogP contribution is -2.36. The highest BCUT2D eigenvalue weighted by molar-refractivity contribution is 5.97. The molecule has 29 heavy (non-hydrogen) atoms. The molecule has 2 N–H and O–H groups in total. The molecule has 3 aromatic rings. The number of anilines is 1. The molecule has 7 heteroatoms. The van der Waals surface area contributed by atoms with Gasteiger partial charge in [0.05, 0.1) is 23.4 Å². The van der Waals surface area contributed by atoms with Gasteiger partial charge in [-0.1, -0.05) is 24.6 Å². The lowest BCUT2D eigenvalue weighted by Gasteiger charge is -2.25. The van der Waals surface area contributed by atoms with E-state index in [1.807, 2.05) is 0 Å². The SMILES string of the molecule is O=C(CN1CCCCC1)Nc1cc2c(/C=C/c3ccc(F)cc3)n[nH]c2cc1F. The molecule has 0 spiro atoms. The van der Waals surface area contributed by atoms with Crippen molar-refractivity contribution >= 4 is 34.6 Å². The van der Waals surface area contributed by atoms with Crippen molar-refractivity contribution in [3.8, 4) is 0 Å². The fourth-order valence-electron chi connectivity index (χ4n) is 3.54. The van der Waals surface area contributed by atoms with E-state index in [2.05, 4.69) is 20.4 Å². The number of nitrogens with zero attached hydrogens (tertiary/aromatic N) is 2. The number of rotatable bonds is 5. The van der Waals surface area contributed by atoms with Crippen LogP contribution in [0.5, 0.6) is 0 Å². The summed E-state index contributed by atoms with van der Waals surface area (Å²) < 4.78 is 27.5. The van der Waals surface area contributed by atoms with Crippen molar-refractivity contribution in [1.29, 1.82) is 0 Å². The molecule has 150 valence electrons. The second kappa shape index (κ2) is 8.53. The van der Waals surface area contributed by atoms with Gasteiger partial charge in [0.15, 0.2) is 0 Å². The van der Waals surface area contributed by atoms with Gasteiger partial charge in [0, 0.05) is 11.5 Å². The number of likely N-dealkylation sites (tertiary alicyclic amines) is 1. The smallest absolute Gasteiger partial charge is 0.238 e. The molecule has 2 heterocycles. The molecule has 1 fully saturated rings. The summed E-state index contributed by atoms with van der Waals surface area (Å²) in [5.74, 6) is -1.04. The Labute approximate surface area is 167 Å². The zero-order chi connectivity index (χ0) is 20.2. The molecule has 0 radical (unpaired) electrons. The Hall–Kier alpha value is -3.06. The third-order valence-corrected chi connectivity index (χ3v) is 5.07. The summed E-state index contributed by atoms with van der Waals surface area (Å²) in [6.45, 7) is 2.06. The van der Waals surface area contributed by atoms with E-state index < -0.39 is 5.82 Å². The Balaban J connectivity index is 1.52. The second-order valence-corrected chi connectivity index (χ2v) is 7.26. The Morgan fingerprint density at radius 1 is 1.10 bits per heavy atom. The highest BCUT2D eigenvalue weighted by atomic mass is 19.1. The van der Waals surface area contributed by atoms with E-state index in [1.165, 1.54) is 24.6 Å². The molecule has 1 saturated heterocycles. The van der Waals surface area contributed by atoms with Crippen molar-refractivity contribution in [3.63, 3.8) is 0 Å². The second-order valence-electron chi connectivity index (χ2n) is 7.26. The Kier molecular flexibility index (Phi) is 5.67. The number of halogens is 2. The van der Waals surface area contributed by atoms with Crippen LogP contribution in [0, 0.1) is 11.6 Å². The molecule has 0 saturated carbocycles. The van der Waals surface area contributed by atoms with E-state index in [0.717, 1.165) is 31.5 Å². The normalized spacial score (nSPS) is 15.2. The van der Waals surface area contributed by atoms with Crippen molar-refractivity contribution in [1.82, 2.24) is 15.1 Å². The zero-order valence-corrected chi connectivity index (χ0v) is 15.9. The number of amides is 1. The standard InChI is InChI=1S/C22H22F2N4O/c23-16-7-4-15(5-8-16)6-9-19-17-12-21(18(24)13-20(17)27-26-19)25-22(29)14-28-10-2-1-3-11-28/h4-9,12-13H,1-3,10-11,14H2,(H,25,29)(H,26,27)/b9-6+. The molecular formula is C22H22F2N4O. The molecule has 4 rings (SSSR count). The summed E-state index contributed by atoms with van der Waals surface area (Å²) in [4.78, 5) is 14.4. The van der Waals surface area contributed by atoms with Crippen LogP contribution in [0.25, 0.3) is 23.1 Å². The Morgan fingerprint density at radius 2 is 1.86 bits per heavy atom. The molecule has 1 aliphatic rings. The predicted molar refractivity (Wildman–Crippen MR) is 110 cm³/mol.